The molecule has 0 saturated heterocycles. The van der Waals surface area contributed by atoms with Gasteiger partial charge in [0.25, 0.3) is 0 Å². The minimum Gasteiger partial charge on any atom is -0.496 e. The third kappa shape index (κ3) is 6.72. The van der Waals surface area contributed by atoms with Crippen LogP contribution in [0.5, 0.6) is 11.5 Å². The number of hydrogen-bond acceptors (Lipinski definition) is 5. The summed E-state index contributed by atoms with van der Waals surface area (Å²) < 4.78 is 43.4. The first-order valence-corrected chi connectivity index (χ1v) is 9.87. The van der Waals surface area contributed by atoms with Gasteiger partial charge in [0, 0.05) is 19.3 Å². The summed E-state index contributed by atoms with van der Waals surface area (Å²) in [6.45, 7) is 0.478. The fraction of sp³-hybridized carbons (Fsp3) is 0.235. The maximum Gasteiger partial charge on any atom is 0.488 e. The number of anilines is 1. The number of carbonyl (C=O) groups excluding carboxylic acids is 1. The number of benzene rings is 2. The molecule has 0 spiro atoms. The predicted octanol–water partition coefficient (Wildman–Crippen LogP) is 3.76. The number of amides is 2. The van der Waals surface area contributed by atoms with Crippen molar-refractivity contribution in [1.29, 1.82) is 0 Å². The molecule has 2 amide bonds. The van der Waals surface area contributed by atoms with Crippen LogP contribution in [0.1, 0.15) is 5.56 Å². The van der Waals surface area contributed by atoms with Gasteiger partial charge in [-0.25, -0.2) is 4.79 Å². The number of hydrogen-bond donors (Lipinski definition) is 1. The molecule has 0 aromatic heterocycles. The summed E-state index contributed by atoms with van der Waals surface area (Å²) in [6, 6.07) is 10.7. The Morgan fingerprint density at radius 1 is 1.22 bits per heavy atom. The fourth-order valence-corrected chi connectivity index (χ4v) is 3.12. The topological polar surface area (TPSA) is 84.9 Å². The molecule has 2 aromatic carbocycles. The van der Waals surface area contributed by atoms with Gasteiger partial charge in [0.2, 0.25) is 0 Å². The first-order valence-electron chi connectivity index (χ1n) is 7.76. The molecule has 0 atom stereocenters. The van der Waals surface area contributed by atoms with Crippen LogP contribution in [0.25, 0.3) is 0 Å². The first-order chi connectivity index (χ1) is 12.7. The Morgan fingerprint density at radius 3 is 2.44 bits per heavy atom. The molecule has 0 aliphatic carbocycles. The summed E-state index contributed by atoms with van der Waals surface area (Å²) in [6.07, 6.45) is 0.646. The zero-order chi connectivity index (χ0) is 20.0. The van der Waals surface area contributed by atoms with Crippen LogP contribution in [0.2, 0.25) is 0 Å². The molecule has 7 nitrogen and oxygen atoms in total. The number of carbonyl (C=O) groups is 1. The van der Waals surface area contributed by atoms with E-state index in [-0.39, 0.29) is 11.8 Å². The molecule has 27 heavy (non-hydrogen) atoms. The summed E-state index contributed by atoms with van der Waals surface area (Å²) >= 11 is 3.42. The second kappa shape index (κ2) is 9.05. The quantitative estimate of drug-likeness (QED) is 0.635. The summed E-state index contributed by atoms with van der Waals surface area (Å²) in [7, 11) is -1.83. The Bertz CT molecular complexity index is 906. The van der Waals surface area contributed by atoms with Crippen molar-refractivity contribution < 1.29 is 26.0 Å². The Kier molecular flexibility index (Phi) is 7.03. The van der Waals surface area contributed by atoms with Gasteiger partial charge in [-0.3, -0.25) is 0 Å². The molecule has 0 unspecified atom stereocenters. The van der Waals surface area contributed by atoms with Gasteiger partial charge in [-0.2, -0.15) is 8.42 Å². The summed E-state index contributed by atoms with van der Waals surface area (Å²) in [5.41, 5.74) is 1.46. The SMILES string of the molecule is COc1ccc(CCN(C)C(=O)Nc2ccc(OS(=O)(=O)F)cc2)cc1Br. The number of methoxy groups -OCH3 is 1. The predicted molar refractivity (Wildman–Crippen MR) is 103 cm³/mol. The maximum absolute atomic E-state index is 12.4. The Labute approximate surface area is 165 Å². The van der Waals surface area contributed by atoms with Crippen LogP contribution in [-0.4, -0.2) is 40.1 Å². The number of nitrogens with one attached hydrogen (secondary N) is 1. The standard InChI is InChI=1S/C17H18BrFN2O5S/c1-21(10-9-12-3-8-16(25-2)15(18)11-12)17(22)20-13-4-6-14(7-5-13)26-27(19,23)24/h3-8,11H,9-10H2,1-2H3,(H,20,22). The van der Waals surface area contributed by atoms with Gasteiger partial charge < -0.3 is 19.1 Å². The third-order valence-electron chi connectivity index (χ3n) is 3.60. The molecule has 0 heterocycles. The Balaban J connectivity index is 1.89. The van der Waals surface area contributed by atoms with Crippen molar-refractivity contribution in [3.8, 4) is 11.5 Å². The third-order valence-corrected chi connectivity index (χ3v) is 4.61. The molecular formula is C17H18BrFN2O5S. The van der Waals surface area contributed by atoms with Crippen molar-refractivity contribution in [1.82, 2.24) is 4.90 Å². The molecule has 0 saturated carbocycles. The lowest BCUT2D eigenvalue weighted by molar-refractivity contribution is 0.223. The van der Waals surface area contributed by atoms with Crippen LogP contribution in [0.15, 0.2) is 46.9 Å². The van der Waals surface area contributed by atoms with Gasteiger partial charge in [-0.1, -0.05) is 9.95 Å². The van der Waals surface area contributed by atoms with E-state index in [9.17, 15) is 17.1 Å². The summed E-state index contributed by atoms with van der Waals surface area (Å²) in [5, 5.41) is 2.66. The van der Waals surface area contributed by atoms with Gasteiger partial charge in [0.15, 0.2) is 0 Å². The van der Waals surface area contributed by atoms with Gasteiger partial charge >= 0.3 is 16.5 Å². The first kappa shape index (κ1) is 21.0. The summed E-state index contributed by atoms with van der Waals surface area (Å²) in [4.78, 5) is 13.7. The number of ether oxygens (including phenoxy) is 1. The van der Waals surface area contributed by atoms with E-state index in [2.05, 4.69) is 25.4 Å². The Morgan fingerprint density at radius 2 is 1.89 bits per heavy atom. The molecule has 146 valence electrons. The molecule has 0 fully saturated rings. The van der Waals surface area contributed by atoms with E-state index < -0.39 is 10.5 Å². The van der Waals surface area contributed by atoms with Crippen LogP contribution in [0, 0.1) is 0 Å². The lowest BCUT2D eigenvalue weighted by Crippen LogP contribution is -2.32. The van der Waals surface area contributed by atoms with E-state index in [1.807, 2.05) is 18.2 Å². The average molecular weight is 461 g/mol. The van der Waals surface area contributed by atoms with Crippen LogP contribution in [0.3, 0.4) is 0 Å². The largest absolute Gasteiger partial charge is 0.496 e. The van der Waals surface area contributed by atoms with Crippen molar-refractivity contribution >= 4 is 38.2 Å². The van der Waals surface area contributed by atoms with Crippen molar-refractivity contribution in [2.24, 2.45) is 0 Å². The van der Waals surface area contributed by atoms with Crippen molar-refractivity contribution in [2.75, 3.05) is 26.0 Å². The highest BCUT2D eigenvalue weighted by molar-refractivity contribution is 9.10. The number of nitrogens with zero attached hydrogens (tertiary/aromatic N) is 1. The second-order valence-corrected chi connectivity index (χ2v) is 7.38. The fourth-order valence-electron chi connectivity index (χ4n) is 2.19. The average Bonchev–Trinajstić information content (AvgIpc) is 2.60. The highest BCUT2D eigenvalue weighted by Gasteiger charge is 2.12. The lowest BCUT2D eigenvalue weighted by atomic mass is 10.1. The van der Waals surface area contributed by atoms with Crippen LogP contribution < -0.4 is 14.2 Å². The smallest absolute Gasteiger partial charge is 0.488 e. The lowest BCUT2D eigenvalue weighted by Gasteiger charge is -2.18. The number of urea groups is 1. The summed E-state index contributed by atoms with van der Waals surface area (Å²) in [5.74, 6) is 0.548. The van der Waals surface area contributed by atoms with E-state index in [0.717, 1.165) is 15.8 Å². The van der Waals surface area contributed by atoms with Crippen LogP contribution in [0.4, 0.5) is 14.4 Å². The normalized spacial score (nSPS) is 11.0. The maximum atomic E-state index is 12.4. The zero-order valence-corrected chi connectivity index (χ0v) is 17.0. The van der Waals surface area contributed by atoms with E-state index in [0.29, 0.717) is 18.7 Å². The minimum absolute atomic E-state index is 0.186. The van der Waals surface area contributed by atoms with Gasteiger partial charge in [0.05, 0.1) is 11.6 Å². The molecule has 0 bridgehead atoms. The van der Waals surface area contributed by atoms with E-state index >= 15 is 0 Å². The number of rotatable bonds is 7. The second-order valence-electron chi connectivity index (χ2n) is 5.57. The molecule has 2 rings (SSSR count). The molecule has 1 N–H and O–H groups in total. The van der Waals surface area contributed by atoms with Crippen molar-refractivity contribution in [3.05, 3.63) is 52.5 Å². The minimum atomic E-state index is -5.07. The van der Waals surface area contributed by atoms with E-state index in [1.165, 1.54) is 29.2 Å². The zero-order valence-electron chi connectivity index (χ0n) is 14.6. The van der Waals surface area contributed by atoms with Crippen molar-refractivity contribution in [2.45, 2.75) is 6.42 Å². The van der Waals surface area contributed by atoms with Gasteiger partial charge in [-0.05, 0) is 64.3 Å². The molecule has 10 heteroatoms. The van der Waals surface area contributed by atoms with Gasteiger partial charge in [0.1, 0.15) is 11.5 Å². The molecule has 0 radical (unpaired) electrons. The monoisotopic (exact) mass is 460 g/mol. The number of halogens is 2. The highest BCUT2D eigenvalue weighted by Crippen LogP contribution is 2.25. The number of likely N-dealkylation sites (N-methyl/N-ethyl adjacent to an activating group) is 1. The van der Waals surface area contributed by atoms with Crippen molar-refractivity contribution in [3.63, 3.8) is 0 Å². The molecule has 0 aliphatic heterocycles. The highest BCUT2D eigenvalue weighted by atomic mass is 79.9. The molecule has 2 aromatic rings. The Hall–Kier alpha value is -2.33. The van der Waals surface area contributed by atoms with Gasteiger partial charge in [-0.15, -0.1) is 0 Å². The van der Waals surface area contributed by atoms with E-state index in [4.69, 9.17) is 4.74 Å². The molecular weight excluding hydrogens is 443 g/mol. The van der Waals surface area contributed by atoms with E-state index in [1.54, 1.807) is 14.2 Å². The molecule has 0 aliphatic rings. The van der Waals surface area contributed by atoms with Crippen LogP contribution >= 0.6 is 15.9 Å². The van der Waals surface area contributed by atoms with Crippen LogP contribution in [-0.2, 0) is 16.9 Å².